The molecule has 0 fully saturated rings. The highest BCUT2D eigenvalue weighted by atomic mass is 35.5. The molecule has 3 aromatic rings. The number of carbonyl (C=O) groups is 1. The molecule has 5 nitrogen and oxygen atoms in total. The van der Waals surface area contributed by atoms with E-state index in [0.717, 1.165) is 33.3 Å². The smallest absolute Gasteiger partial charge is 0.224 e. The van der Waals surface area contributed by atoms with Crippen molar-refractivity contribution in [2.75, 3.05) is 0 Å². The van der Waals surface area contributed by atoms with Gasteiger partial charge in [-0.2, -0.15) is 5.10 Å². The van der Waals surface area contributed by atoms with Crippen molar-refractivity contribution in [3.05, 3.63) is 51.2 Å². The predicted molar refractivity (Wildman–Crippen MR) is 92.0 cm³/mol. The van der Waals surface area contributed by atoms with E-state index in [9.17, 15) is 4.79 Å². The van der Waals surface area contributed by atoms with Gasteiger partial charge in [-0.1, -0.05) is 42.0 Å². The lowest BCUT2D eigenvalue weighted by atomic mass is 10.1. The van der Waals surface area contributed by atoms with Crippen LogP contribution >= 0.6 is 22.9 Å². The van der Waals surface area contributed by atoms with Crippen molar-refractivity contribution in [2.45, 2.75) is 33.2 Å². The summed E-state index contributed by atoms with van der Waals surface area (Å²) in [6, 6.07) is 7.33. The maximum atomic E-state index is 12.1. The fourth-order valence-corrected chi connectivity index (χ4v) is 3.46. The highest BCUT2D eigenvalue weighted by Gasteiger charge is 2.14. The fraction of sp³-hybridized carbons (Fsp3) is 0.312. The number of nitrogens with one attached hydrogen (secondary N) is 1. The van der Waals surface area contributed by atoms with Crippen LogP contribution in [0, 0.1) is 6.92 Å². The summed E-state index contributed by atoms with van der Waals surface area (Å²) in [5.41, 5.74) is 2.72. The maximum Gasteiger partial charge on any atom is 0.224 e. The summed E-state index contributed by atoms with van der Waals surface area (Å²) >= 11 is 7.52. The van der Waals surface area contributed by atoms with Crippen molar-refractivity contribution in [3.63, 3.8) is 0 Å². The maximum absolute atomic E-state index is 12.1. The van der Waals surface area contributed by atoms with E-state index in [0.29, 0.717) is 18.0 Å². The molecule has 0 atom stereocenters. The topological polar surface area (TPSA) is 59.3 Å². The average Bonchev–Trinajstić information content (AvgIpc) is 3.02. The Morgan fingerprint density at radius 2 is 2.26 bits per heavy atom. The van der Waals surface area contributed by atoms with E-state index in [1.807, 2.05) is 23.6 Å². The zero-order chi connectivity index (χ0) is 16.4. The van der Waals surface area contributed by atoms with Gasteiger partial charge in [0.15, 0.2) is 0 Å². The predicted octanol–water partition coefficient (Wildman–Crippen LogP) is 3.17. The number of hydrogen-bond acceptors (Lipinski definition) is 4. The van der Waals surface area contributed by atoms with Gasteiger partial charge in [0.2, 0.25) is 10.9 Å². The lowest BCUT2D eigenvalue weighted by Gasteiger charge is -2.05. The van der Waals surface area contributed by atoms with Crippen LogP contribution in [0.25, 0.3) is 4.96 Å². The molecule has 0 spiro atoms. The van der Waals surface area contributed by atoms with E-state index in [1.54, 1.807) is 23.5 Å². The average molecular weight is 349 g/mol. The number of carbonyl (C=O) groups excluding carboxylic acids is 1. The number of nitrogens with zero attached hydrogens (tertiary/aromatic N) is 3. The lowest BCUT2D eigenvalue weighted by molar-refractivity contribution is -0.120. The van der Waals surface area contributed by atoms with Crippen LogP contribution in [0.1, 0.15) is 28.9 Å². The second-order valence-corrected chi connectivity index (χ2v) is 6.75. The summed E-state index contributed by atoms with van der Waals surface area (Å²) in [6.07, 6.45) is 1.19. The second kappa shape index (κ2) is 6.68. The van der Waals surface area contributed by atoms with Gasteiger partial charge in [0.05, 0.1) is 24.4 Å². The normalized spacial score (nSPS) is 11.1. The van der Waals surface area contributed by atoms with Gasteiger partial charge in [0.25, 0.3) is 0 Å². The Kier molecular flexibility index (Phi) is 4.63. The van der Waals surface area contributed by atoms with E-state index in [1.165, 1.54) is 0 Å². The number of amides is 1. The van der Waals surface area contributed by atoms with Gasteiger partial charge in [0, 0.05) is 5.02 Å². The standard InChI is InChI=1S/C16H17ClN4OS/c1-3-15-20-21-13(10(2)19-16(21)23-15)9-18-14(22)8-11-5-4-6-12(17)7-11/h4-7H,3,8-9H2,1-2H3,(H,18,22). The van der Waals surface area contributed by atoms with Crippen molar-refractivity contribution in [2.24, 2.45) is 0 Å². The minimum atomic E-state index is -0.0486. The Balaban J connectivity index is 1.69. The van der Waals surface area contributed by atoms with Crippen LogP contribution in [0.5, 0.6) is 0 Å². The van der Waals surface area contributed by atoms with E-state index >= 15 is 0 Å². The van der Waals surface area contributed by atoms with Crippen LogP contribution in [0.2, 0.25) is 5.02 Å². The first kappa shape index (κ1) is 16.0. The molecule has 2 aromatic heterocycles. The Morgan fingerprint density at radius 3 is 3.00 bits per heavy atom. The Bertz CT molecular complexity index is 855. The highest BCUT2D eigenvalue weighted by Crippen LogP contribution is 2.19. The Labute approximate surface area is 143 Å². The zero-order valence-electron chi connectivity index (χ0n) is 13.0. The van der Waals surface area contributed by atoms with E-state index < -0.39 is 0 Å². The summed E-state index contributed by atoms with van der Waals surface area (Å²) in [6.45, 7) is 4.42. The van der Waals surface area contributed by atoms with E-state index in [-0.39, 0.29) is 5.91 Å². The van der Waals surface area contributed by atoms with Crippen LogP contribution < -0.4 is 5.32 Å². The van der Waals surface area contributed by atoms with Crippen LogP contribution in [-0.2, 0) is 24.2 Å². The van der Waals surface area contributed by atoms with Gasteiger partial charge in [-0.15, -0.1) is 0 Å². The number of hydrogen-bond donors (Lipinski definition) is 1. The fourth-order valence-electron chi connectivity index (χ4n) is 2.35. The quantitative estimate of drug-likeness (QED) is 0.770. The molecule has 3 rings (SSSR count). The number of fused-ring (bicyclic) bond motifs is 1. The third-order valence-corrected chi connectivity index (χ3v) is 4.84. The van der Waals surface area contributed by atoms with Gasteiger partial charge in [0.1, 0.15) is 5.01 Å². The summed E-state index contributed by atoms with van der Waals surface area (Å²) in [4.78, 5) is 17.5. The molecule has 0 saturated carbocycles. The number of imidazole rings is 1. The lowest BCUT2D eigenvalue weighted by Crippen LogP contribution is -2.25. The summed E-state index contributed by atoms with van der Waals surface area (Å²) in [5.74, 6) is -0.0486. The molecule has 1 amide bonds. The number of aryl methyl sites for hydroxylation is 2. The molecular weight excluding hydrogens is 332 g/mol. The number of benzene rings is 1. The molecule has 0 bridgehead atoms. The van der Waals surface area contributed by atoms with Gasteiger partial charge in [-0.3, -0.25) is 4.79 Å². The van der Waals surface area contributed by atoms with Gasteiger partial charge >= 0.3 is 0 Å². The molecule has 120 valence electrons. The number of aromatic nitrogens is 3. The van der Waals surface area contributed by atoms with Crippen LogP contribution in [0.3, 0.4) is 0 Å². The summed E-state index contributed by atoms with van der Waals surface area (Å²) in [7, 11) is 0. The Morgan fingerprint density at radius 1 is 1.43 bits per heavy atom. The zero-order valence-corrected chi connectivity index (χ0v) is 14.5. The van der Waals surface area contributed by atoms with Crippen LogP contribution in [0.4, 0.5) is 0 Å². The first-order valence-corrected chi connectivity index (χ1v) is 8.61. The van der Waals surface area contributed by atoms with Crippen molar-refractivity contribution in [1.29, 1.82) is 0 Å². The molecule has 23 heavy (non-hydrogen) atoms. The first-order valence-electron chi connectivity index (χ1n) is 7.42. The molecule has 0 radical (unpaired) electrons. The van der Waals surface area contributed by atoms with Gasteiger partial charge < -0.3 is 5.32 Å². The molecule has 0 saturated heterocycles. The summed E-state index contributed by atoms with van der Waals surface area (Å²) < 4.78 is 1.83. The molecule has 0 aliphatic heterocycles. The van der Waals surface area contributed by atoms with Crippen molar-refractivity contribution in [1.82, 2.24) is 19.9 Å². The monoisotopic (exact) mass is 348 g/mol. The van der Waals surface area contributed by atoms with Crippen molar-refractivity contribution < 1.29 is 4.79 Å². The number of rotatable bonds is 5. The van der Waals surface area contributed by atoms with Gasteiger partial charge in [-0.25, -0.2) is 9.50 Å². The molecular formula is C16H17ClN4OS. The van der Waals surface area contributed by atoms with Crippen molar-refractivity contribution in [3.8, 4) is 0 Å². The second-order valence-electron chi connectivity index (χ2n) is 5.27. The minimum Gasteiger partial charge on any atom is -0.350 e. The van der Waals surface area contributed by atoms with Crippen molar-refractivity contribution >= 4 is 33.8 Å². The molecule has 0 unspecified atom stereocenters. The van der Waals surface area contributed by atoms with Crippen LogP contribution in [0.15, 0.2) is 24.3 Å². The third kappa shape index (κ3) is 3.54. The van der Waals surface area contributed by atoms with Gasteiger partial charge in [-0.05, 0) is 31.0 Å². The summed E-state index contributed by atoms with van der Waals surface area (Å²) in [5, 5.41) is 9.14. The molecule has 7 heteroatoms. The van der Waals surface area contributed by atoms with E-state index in [2.05, 4.69) is 22.3 Å². The SMILES string of the molecule is CCc1nn2c(CNC(=O)Cc3cccc(Cl)c3)c(C)nc2s1. The molecule has 1 N–H and O–H groups in total. The highest BCUT2D eigenvalue weighted by molar-refractivity contribution is 7.16. The molecule has 0 aliphatic rings. The van der Waals surface area contributed by atoms with E-state index in [4.69, 9.17) is 11.6 Å². The minimum absolute atomic E-state index is 0.0486. The molecule has 1 aromatic carbocycles. The largest absolute Gasteiger partial charge is 0.350 e. The number of halogens is 1. The van der Waals surface area contributed by atoms with Crippen LogP contribution in [-0.4, -0.2) is 20.5 Å². The molecule has 2 heterocycles. The molecule has 0 aliphatic carbocycles. The Hall–Kier alpha value is -1.92. The first-order chi connectivity index (χ1) is 11.1. The third-order valence-electron chi connectivity index (χ3n) is 3.55.